The third kappa shape index (κ3) is 5.32. The summed E-state index contributed by atoms with van der Waals surface area (Å²) in [6.07, 6.45) is 6.00. The molecule has 2 aliphatic heterocycles. The molecule has 7 nitrogen and oxygen atoms in total. The molecule has 1 unspecified atom stereocenters. The summed E-state index contributed by atoms with van der Waals surface area (Å²) in [5.41, 5.74) is 3.56. The number of carbonyl (C=O) groups is 1. The predicted octanol–water partition coefficient (Wildman–Crippen LogP) is 4.11. The Morgan fingerprint density at radius 2 is 2.08 bits per heavy atom. The molecule has 2 aromatic carbocycles. The first kappa shape index (κ1) is 26.7. The molecule has 6 rings (SSSR count). The molecule has 0 saturated heterocycles. The number of nitrogens with zero attached hydrogens (tertiary/aromatic N) is 1. The number of nitrogens with one attached hydrogen (secondary N) is 1. The van der Waals surface area contributed by atoms with Crippen LogP contribution in [-0.2, 0) is 26.3 Å². The molecular weight excluding hydrogens is 536 g/mol. The molecule has 1 fully saturated rings. The fourth-order valence-electron chi connectivity index (χ4n) is 6.69. The zero-order chi connectivity index (χ0) is 27.2. The van der Waals surface area contributed by atoms with E-state index in [9.17, 15) is 14.1 Å². The van der Waals surface area contributed by atoms with Gasteiger partial charge in [0.15, 0.2) is 0 Å². The molecule has 5 atom stereocenters. The fraction of sp³-hybridized carbons (Fsp3) is 0.467. The molecule has 9 heteroatoms. The summed E-state index contributed by atoms with van der Waals surface area (Å²) < 4.78 is 27.6. The Bertz CT molecular complexity index is 1410. The number of benzene rings is 2. The van der Waals surface area contributed by atoms with Gasteiger partial charge in [-0.2, -0.15) is 0 Å². The minimum Gasteiger partial charge on any atom is -0.490 e. The standard InChI is InChI=1S/C30H35ClN2O5S/c1-39(36)13-3-12-37-17-27(34)24-8-5-22(24)16-33-18-30(11-2-4-20-14-23(31)7-9-25(20)30)19-38-28-10-6-21(15-26(28)33)29(35)32-39/h3,6-7,9-10,13-15,22,24,27,34H,1-2,4-5,8,11-12,16-19H2,(H,32,35,36)/b13-3+/t22-,24+,27-,30-,39?/m0/s1. The topological polar surface area (TPSA) is 88.1 Å². The average Bonchev–Trinajstić information content (AvgIpc) is 3.02. The van der Waals surface area contributed by atoms with Crippen molar-refractivity contribution in [2.45, 2.75) is 43.6 Å². The van der Waals surface area contributed by atoms with Crippen molar-refractivity contribution in [1.29, 1.82) is 0 Å². The Balaban J connectivity index is 1.42. The number of carbonyl (C=O) groups excluding carboxylic acids is 1. The van der Waals surface area contributed by atoms with Gasteiger partial charge in [-0.25, -0.2) is 4.21 Å². The van der Waals surface area contributed by atoms with Gasteiger partial charge in [0.05, 0.1) is 41.3 Å². The van der Waals surface area contributed by atoms with Gasteiger partial charge in [-0.1, -0.05) is 17.7 Å². The maximum atomic E-state index is 13.2. The van der Waals surface area contributed by atoms with Crippen molar-refractivity contribution in [3.8, 4) is 5.75 Å². The monoisotopic (exact) mass is 570 g/mol. The van der Waals surface area contributed by atoms with Crippen LogP contribution in [-0.4, -0.2) is 60.1 Å². The van der Waals surface area contributed by atoms with Crippen molar-refractivity contribution in [2.75, 3.05) is 37.8 Å². The Kier molecular flexibility index (Phi) is 7.16. The van der Waals surface area contributed by atoms with Crippen LogP contribution >= 0.6 is 11.6 Å². The molecule has 208 valence electrons. The molecule has 2 aliphatic carbocycles. The first-order valence-electron chi connectivity index (χ1n) is 13.7. The Hall–Kier alpha value is -2.52. The number of anilines is 1. The second kappa shape index (κ2) is 10.5. The SMILES string of the molecule is C=S1(=O)/C=C/COC[C@H](O)[C@@H]2CC[C@H]2CN2C[C@@]3(CCCc4cc(Cl)ccc43)COc3ccc(cc32)C(=O)N1. The third-order valence-corrected chi connectivity index (χ3v) is 10.2. The second-order valence-electron chi connectivity index (χ2n) is 11.4. The number of aryl methyl sites for hydroxylation is 1. The quantitative estimate of drug-likeness (QED) is 0.464. The number of halogens is 1. The van der Waals surface area contributed by atoms with Gasteiger partial charge in [-0.05, 0) is 97.3 Å². The largest absolute Gasteiger partial charge is 0.490 e. The van der Waals surface area contributed by atoms with E-state index in [2.05, 4.69) is 27.6 Å². The van der Waals surface area contributed by atoms with Crippen LogP contribution in [0.5, 0.6) is 5.75 Å². The van der Waals surface area contributed by atoms with Crippen LogP contribution in [0.4, 0.5) is 5.69 Å². The van der Waals surface area contributed by atoms with Crippen molar-refractivity contribution >= 4 is 38.8 Å². The summed E-state index contributed by atoms with van der Waals surface area (Å²) in [5, 5.41) is 13.0. The molecule has 2 heterocycles. The Morgan fingerprint density at radius 3 is 2.90 bits per heavy atom. The van der Waals surface area contributed by atoms with E-state index in [1.807, 2.05) is 18.2 Å². The van der Waals surface area contributed by atoms with Crippen molar-refractivity contribution in [2.24, 2.45) is 11.8 Å². The van der Waals surface area contributed by atoms with Crippen LogP contribution in [0.15, 0.2) is 47.9 Å². The predicted molar refractivity (Wildman–Crippen MR) is 155 cm³/mol. The fourth-order valence-corrected chi connectivity index (χ4v) is 7.78. The maximum Gasteiger partial charge on any atom is 0.262 e. The highest BCUT2D eigenvalue weighted by Crippen LogP contribution is 2.46. The highest BCUT2D eigenvalue weighted by atomic mass is 35.5. The van der Waals surface area contributed by atoms with Crippen LogP contribution in [0.25, 0.3) is 0 Å². The molecule has 4 aliphatic rings. The van der Waals surface area contributed by atoms with Gasteiger partial charge in [-0.15, -0.1) is 0 Å². The van der Waals surface area contributed by atoms with Crippen molar-refractivity contribution in [1.82, 2.24) is 4.72 Å². The van der Waals surface area contributed by atoms with Crippen LogP contribution in [0.3, 0.4) is 0 Å². The Labute approximate surface area is 235 Å². The lowest BCUT2D eigenvalue weighted by molar-refractivity contribution is -0.0367. The van der Waals surface area contributed by atoms with Crippen LogP contribution in [0.2, 0.25) is 5.02 Å². The number of fused-ring (bicyclic) bond motifs is 4. The highest BCUT2D eigenvalue weighted by Gasteiger charge is 2.44. The average molecular weight is 571 g/mol. The molecule has 1 spiro atoms. The number of amides is 1. The van der Waals surface area contributed by atoms with Gasteiger partial charge >= 0.3 is 0 Å². The van der Waals surface area contributed by atoms with E-state index in [1.165, 1.54) is 16.5 Å². The van der Waals surface area contributed by atoms with Crippen molar-refractivity contribution < 1.29 is 23.6 Å². The molecule has 39 heavy (non-hydrogen) atoms. The van der Waals surface area contributed by atoms with Gasteiger partial charge in [0.1, 0.15) is 5.75 Å². The maximum absolute atomic E-state index is 13.2. The van der Waals surface area contributed by atoms with Crippen LogP contribution < -0.4 is 14.4 Å². The highest BCUT2D eigenvalue weighted by molar-refractivity contribution is 8.01. The van der Waals surface area contributed by atoms with Crippen molar-refractivity contribution in [3.63, 3.8) is 0 Å². The number of aliphatic hydroxyl groups excluding tert-OH is 1. The second-order valence-corrected chi connectivity index (χ2v) is 13.8. The Morgan fingerprint density at radius 1 is 1.21 bits per heavy atom. The summed E-state index contributed by atoms with van der Waals surface area (Å²) in [5.74, 6) is 4.38. The lowest BCUT2D eigenvalue weighted by Gasteiger charge is -2.45. The van der Waals surface area contributed by atoms with Crippen LogP contribution in [0, 0.1) is 11.8 Å². The smallest absolute Gasteiger partial charge is 0.262 e. The van der Waals surface area contributed by atoms with E-state index in [-0.39, 0.29) is 24.5 Å². The lowest BCUT2D eigenvalue weighted by atomic mass is 9.68. The van der Waals surface area contributed by atoms with E-state index >= 15 is 0 Å². The van der Waals surface area contributed by atoms with Crippen LogP contribution in [0.1, 0.15) is 47.2 Å². The summed E-state index contributed by atoms with van der Waals surface area (Å²) in [6.45, 7) is 2.38. The molecule has 2 bridgehead atoms. The van der Waals surface area contributed by atoms with E-state index in [0.29, 0.717) is 18.1 Å². The molecule has 0 radical (unpaired) electrons. The number of hydrogen-bond donors (Lipinski definition) is 2. The molecule has 1 saturated carbocycles. The molecule has 2 aromatic rings. The summed E-state index contributed by atoms with van der Waals surface area (Å²) >= 11 is 6.37. The zero-order valence-electron chi connectivity index (χ0n) is 21.9. The number of hydrogen-bond acceptors (Lipinski definition) is 6. The zero-order valence-corrected chi connectivity index (χ0v) is 23.5. The minimum absolute atomic E-state index is 0.131. The van der Waals surface area contributed by atoms with E-state index in [1.54, 1.807) is 12.1 Å². The van der Waals surface area contributed by atoms with E-state index in [0.717, 1.165) is 61.7 Å². The van der Waals surface area contributed by atoms with Crippen molar-refractivity contribution in [3.05, 3.63) is 69.6 Å². The molecule has 0 aromatic heterocycles. The van der Waals surface area contributed by atoms with E-state index in [4.69, 9.17) is 21.1 Å². The number of rotatable bonds is 0. The first-order valence-corrected chi connectivity index (χ1v) is 15.8. The molecule has 1 amide bonds. The number of ether oxygens (including phenoxy) is 2. The van der Waals surface area contributed by atoms with Gasteiger partial charge in [0, 0.05) is 34.5 Å². The van der Waals surface area contributed by atoms with Gasteiger partial charge in [-0.3, -0.25) is 9.52 Å². The van der Waals surface area contributed by atoms with E-state index < -0.39 is 21.7 Å². The molecular formula is C30H35ClN2O5S. The number of aliphatic hydroxyl groups is 1. The summed E-state index contributed by atoms with van der Waals surface area (Å²) in [6, 6.07) is 11.6. The third-order valence-electron chi connectivity index (χ3n) is 8.81. The minimum atomic E-state index is -3.01. The summed E-state index contributed by atoms with van der Waals surface area (Å²) in [4.78, 5) is 15.5. The lowest BCUT2D eigenvalue weighted by Crippen LogP contribution is -2.50. The van der Waals surface area contributed by atoms with Gasteiger partial charge < -0.3 is 19.5 Å². The van der Waals surface area contributed by atoms with Gasteiger partial charge in [0.25, 0.3) is 5.91 Å². The molecule has 2 N–H and O–H groups in total. The normalized spacial score (nSPS) is 33.5. The first-order chi connectivity index (χ1) is 18.7. The summed E-state index contributed by atoms with van der Waals surface area (Å²) in [7, 11) is -3.01. The van der Waals surface area contributed by atoms with Gasteiger partial charge in [0.2, 0.25) is 0 Å².